The molecular weight excluding hydrogens is 258 g/mol. The first kappa shape index (κ1) is 12.5. The van der Waals surface area contributed by atoms with Gasteiger partial charge in [0.05, 0.1) is 7.11 Å². The number of halogens is 1. The average molecular weight is 274 g/mol. The van der Waals surface area contributed by atoms with Crippen LogP contribution in [-0.2, 0) is 0 Å². The van der Waals surface area contributed by atoms with Crippen molar-refractivity contribution in [2.75, 3.05) is 13.7 Å². The summed E-state index contributed by atoms with van der Waals surface area (Å²) in [7, 11) is 1.63. The Balaban J connectivity index is 2.85. The molecule has 84 valence electrons. The van der Waals surface area contributed by atoms with Crippen molar-refractivity contribution in [3.8, 4) is 5.75 Å². The zero-order valence-corrected chi connectivity index (χ0v) is 10.3. The lowest BCUT2D eigenvalue weighted by Gasteiger charge is -2.15. The van der Waals surface area contributed by atoms with Crippen molar-refractivity contribution in [1.29, 1.82) is 0 Å². The number of rotatable bonds is 5. The van der Waals surface area contributed by atoms with E-state index in [4.69, 9.17) is 15.6 Å². The number of aliphatic hydroxyl groups is 1. The van der Waals surface area contributed by atoms with Gasteiger partial charge in [-0.1, -0.05) is 15.9 Å². The van der Waals surface area contributed by atoms with Gasteiger partial charge in [-0.2, -0.15) is 0 Å². The highest BCUT2D eigenvalue weighted by atomic mass is 79.9. The lowest BCUT2D eigenvalue weighted by Crippen LogP contribution is -2.12. The molecule has 0 saturated heterocycles. The molecule has 0 aromatic heterocycles. The minimum Gasteiger partial charge on any atom is -0.496 e. The molecule has 0 spiro atoms. The van der Waals surface area contributed by atoms with Crippen molar-refractivity contribution >= 4 is 15.9 Å². The average Bonchev–Trinajstić information content (AvgIpc) is 2.25. The molecule has 0 radical (unpaired) electrons. The normalized spacial score (nSPS) is 12.5. The third-order valence-electron chi connectivity index (χ3n) is 2.26. The highest BCUT2D eigenvalue weighted by Gasteiger charge is 2.11. The van der Waals surface area contributed by atoms with Crippen LogP contribution in [0.4, 0.5) is 0 Å². The molecule has 0 saturated carbocycles. The van der Waals surface area contributed by atoms with Crippen LogP contribution in [0, 0.1) is 0 Å². The third kappa shape index (κ3) is 3.48. The van der Waals surface area contributed by atoms with Crippen molar-refractivity contribution in [2.24, 2.45) is 5.73 Å². The van der Waals surface area contributed by atoms with Crippen LogP contribution in [0.5, 0.6) is 5.75 Å². The molecule has 0 unspecified atom stereocenters. The Kier molecular flexibility index (Phi) is 5.08. The predicted molar refractivity (Wildman–Crippen MR) is 63.9 cm³/mol. The fraction of sp³-hybridized carbons (Fsp3) is 0.455. The number of hydrogen-bond donors (Lipinski definition) is 2. The lowest BCUT2D eigenvalue weighted by molar-refractivity contribution is 0.279. The van der Waals surface area contributed by atoms with Gasteiger partial charge < -0.3 is 15.6 Å². The molecule has 3 N–H and O–H groups in total. The monoisotopic (exact) mass is 273 g/mol. The van der Waals surface area contributed by atoms with Crippen LogP contribution in [-0.4, -0.2) is 18.8 Å². The number of methoxy groups -OCH3 is 1. The van der Waals surface area contributed by atoms with E-state index in [0.29, 0.717) is 6.42 Å². The molecule has 0 fully saturated rings. The zero-order valence-electron chi connectivity index (χ0n) is 8.74. The second-order valence-electron chi connectivity index (χ2n) is 3.36. The van der Waals surface area contributed by atoms with E-state index in [1.54, 1.807) is 7.11 Å². The Labute approximate surface area is 98.4 Å². The Morgan fingerprint density at radius 3 is 2.87 bits per heavy atom. The second kappa shape index (κ2) is 6.10. The SMILES string of the molecule is COc1ccc(Br)cc1[C@H](N)CCCO. The van der Waals surface area contributed by atoms with E-state index in [0.717, 1.165) is 22.2 Å². The lowest BCUT2D eigenvalue weighted by atomic mass is 10.0. The van der Waals surface area contributed by atoms with E-state index in [1.165, 1.54) is 0 Å². The smallest absolute Gasteiger partial charge is 0.123 e. The van der Waals surface area contributed by atoms with Crippen LogP contribution in [0.2, 0.25) is 0 Å². The van der Waals surface area contributed by atoms with Gasteiger partial charge >= 0.3 is 0 Å². The van der Waals surface area contributed by atoms with E-state index < -0.39 is 0 Å². The van der Waals surface area contributed by atoms with Crippen LogP contribution < -0.4 is 10.5 Å². The summed E-state index contributed by atoms with van der Waals surface area (Å²) in [6, 6.07) is 5.67. The zero-order chi connectivity index (χ0) is 11.3. The predicted octanol–water partition coefficient (Wildman–Crippen LogP) is 2.23. The van der Waals surface area contributed by atoms with Crippen molar-refractivity contribution in [1.82, 2.24) is 0 Å². The maximum atomic E-state index is 8.75. The van der Waals surface area contributed by atoms with Crippen molar-refractivity contribution in [3.63, 3.8) is 0 Å². The summed E-state index contributed by atoms with van der Waals surface area (Å²) < 4.78 is 6.22. The number of hydrogen-bond acceptors (Lipinski definition) is 3. The maximum Gasteiger partial charge on any atom is 0.123 e. The molecule has 4 heteroatoms. The van der Waals surface area contributed by atoms with E-state index in [1.807, 2.05) is 18.2 Å². The molecule has 0 aliphatic rings. The molecule has 0 bridgehead atoms. The van der Waals surface area contributed by atoms with Crippen LogP contribution in [0.1, 0.15) is 24.4 Å². The number of aliphatic hydroxyl groups excluding tert-OH is 1. The largest absolute Gasteiger partial charge is 0.496 e. The Morgan fingerprint density at radius 2 is 2.27 bits per heavy atom. The van der Waals surface area contributed by atoms with E-state index >= 15 is 0 Å². The highest BCUT2D eigenvalue weighted by molar-refractivity contribution is 9.10. The Hall–Kier alpha value is -0.580. The van der Waals surface area contributed by atoms with E-state index in [9.17, 15) is 0 Å². The van der Waals surface area contributed by atoms with Crippen LogP contribution >= 0.6 is 15.9 Å². The fourth-order valence-electron chi connectivity index (χ4n) is 1.46. The minimum atomic E-state index is -0.0930. The molecule has 0 aliphatic carbocycles. The molecular formula is C11H16BrNO2. The molecule has 1 rings (SSSR count). The second-order valence-corrected chi connectivity index (χ2v) is 4.27. The van der Waals surface area contributed by atoms with Gasteiger partial charge in [-0.15, -0.1) is 0 Å². The van der Waals surface area contributed by atoms with E-state index in [2.05, 4.69) is 15.9 Å². The van der Waals surface area contributed by atoms with E-state index in [-0.39, 0.29) is 12.6 Å². The standard InChI is InChI=1S/C11H16BrNO2/c1-15-11-5-4-8(12)7-9(11)10(13)3-2-6-14/h4-5,7,10,14H,2-3,6,13H2,1H3/t10-/m1/s1. The summed E-state index contributed by atoms with van der Waals surface area (Å²) in [6.07, 6.45) is 1.46. The highest BCUT2D eigenvalue weighted by Crippen LogP contribution is 2.29. The van der Waals surface area contributed by atoms with Crippen molar-refractivity contribution in [3.05, 3.63) is 28.2 Å². The first-order valence-corrected chi connectivity index (χ1v) is 5.68. The Morgan fingerprint density at radius 1 is 1.53 bits per heavy atom. The number of nitrogens with two attached hydrogens (primary N) is 1. The molecule has 0 aliphatic heterocycles. The summed E-state index contributed by atoms with van der Waals surface area (Å²) in [5, 5.41) is 8.75. The van der Waals surface area contributed by atoms with Gasteiger partial charge in [-0.25, -0.2) is 0 Å². The van der Waals surface area contributed by atoms with Crippen LogP contribution in [0.25, 0.3) is 0 Å². The van der Waals surface area contributed by atoms with Gasteiger partial charge in [0.25, 0.3) is 0 Å². The summed E-state index contributed by atoms with van der Waals surface area (Å²) in [5.41, 5.74) is 6.99. The molecule has 15 heavy (non-hydrogen) atoms. The summed E-state index contributed by atoms with van der Waals surface area (Å²) in [4.78, 5) is 0. The van der Waals surface area contributed by atoms with Crippen molar-refractivity contribution < 1.29 is 9.84 Å². The molecule has 1 atom stereocenters. The number of benzene rings is 1. The van der Waals surface area contributed by atoms with Gasteiger partial charge in [0.15, 0.2) is 0 Å². The number of ether oxygens (including phenoxy) is 1. The maximum absolute atomic E-state index is 8.75. The van der Waals surface area contributed by atoms with Gasteiger partial charge in [0.2, 0.25) is 0 Å². The topological polar surface area (TPSA) is 55.5 Å². The van der Waals surface area contributed by atoms with Gasteiger partial charge in [-0.3, -0.25) is 0 Å². The van der Waals surface area contributed by atoms with Crippen molar-refractivity contribution in [2.45, 2.75) is 18.9 Å². The van der Waals surface area contributed by atoms with Crippen LogP contribution in [0.15, 0.2) is 22.7 Å². The van der Waals surface area contributed by atoms with Gasteiger partial charge in [0.1, 0.15) is 5.75 Å². The molecule has 1 aromatic rings. The summed E-state index contributed by atoms with van der Waals surface area (Å²) in [6.45, 7) is 0.171. The van der Waals surface area contributed by atoms with Gasteiger partial charge in [0, 0.05) is 22.7 Å². The van der Waals surface area contributed by atoms with Crippen LogP contribution in [0.3, 0.4) is 0 Å². The minimum absolute atomic E-state index is 0.0930. The first-order valence-electron chi connectivity index (χ1n) is 4.89. The quantitative estimate of drug-likeness (QED) is 0.865. The van der Waals surface area contributed by atoms with Gasteiger partial charge in [-0.05, 0) is 31.0 Å². The molecule has 0 heterocycles. The molecule has 1 aromatic carbocycles. The summed E-state index contributed by atoms with van der Waals surface area (Å²) in [5.74, 6) is 0.795. The third-order valence-corrected chi connectivity index (χ3v) is 2.76. The molecule has 3 nitrogen and oxygen atoms in total. The molecule has 0 amide bonds. The summed E-state index contributed by atoms with van der Waals surface area (Å²) >= 11 is 3.40. The Bertz CT molecular complexity index is 317. The first-order chi connectivity index (χ1) is 7.19. The fourth-order valence-corrected chi connectivity index (χ4v) is 1.84.